The predicted molar refractivity (Wildman–Crippen MR) is 91.1 cm³/mol. The van der Waals surface area contributed by atoms with Crippen molar-refractivity contribution in [3.05, 3.63) is 39.7 Å². The number of rotatable bonds is 2. The number of halogens is 2. The fourth-order valence-electron chi connectivity index (χ4n) is 2.67. The van der Waals surface area contributed by atoms with Crippen LogP contribution in [0.3, 0.4) is 0 Å². The van der Waals surface area contributed by atoms with Crippen LogP contribution in [0.25, 0.3) is 11.3 Å². The van der Waals surface area contributed by atoms with Crippen LogP contribution in [0, 0.1) is 0 Å². The molecule has 0 spiro atoms. The SMILES string of the molecule is CC1(C)CC(c2nc(-c3ccc(Cl)cc3)cs2)CCS1.[Cl-]. The molecule has 1 nitrogen and oxygen atoms in total. The van der Waals surface area contributed by atoms with Gasteiger partial charge in [0.2, 0.25) is 0 Å². The molecular formula is C16H18Cl2NS2-. The summed E-state index contributed by atoms with van der Waals surface area (Å²) < 4.78 is 0.384. The topological polar surface area (TPSA) is 12.9 Å². The van der Waals surface area contributed by atoms with Crippen molar-refractivity contribution in [2.24, 2.45) is 0 Å². The van der Waals surface area contributed by atoms with E-state index in [0.717, 1.165) is 16.3 Å². The van der Waals surface area contributed by atoms with Gasteiger partial charge in [0.15, 0.2) is 0 Å². The van der Waals surface area contributed by atoms with Crippen LogP contribution in [0.1, 0.15) is 37.6 Å². The summed E-state index contributed by atoms with van der Waals surface area (Å²) in [7, 11) is 0. The standard InChI is InChI=1S/C16H18ClNS2.ClH/c1-16(2)9-12(7-8-20-16)15-18-14(10-19-15)11-3-5-13(17)6-4-11;/h3-6,10,12H,7-9H2,1-2H3;1H/p-1. The van der Waals surface area contributed by atoms with Crippen molar-refractivity contribution in [1.29, 1.82) is 0 Å². The Kier molecular flexibility index (Phi) is 5.64. The number of nitrogens with zero attached hydrogens (tertiary/aromatic N) is 1. The number of aromatic nitrogens is 1. The Bertz CT molecular complexity index is 593. The molecule has 2 heterocycles. The average Bonchev–Trinajstić information content (AvgIpc) is 2.88. The van der Waals surface area contributed by atoms with Gasteiger partial charge in [0.05, 0.1) is 10.7 Å². The van der Waals surface area contributed by atoms with Crippen molar-refractivity contribution in [1.82, 2.24) is 4.98 Å². The Morgan fingerprint density at radius 1 is 1.24 bits per heavy atom. The first kappa shape index (κ1) is 17.1. The van der Waals surface area contributed by atoms with Gasteiger partial charge >= 0.3 is 0 Å². The van der Waals surface area contributed by atoms with Crippen LogP contribution in [-0.4, -0.2) is 15.5 Å². The van der Waals surface area contributed by atoms with Crippen molar-refractivity contribution >= 4 is 34.7 Å². The Morgan fingerprint density at radius 3 is 2.62 bits per heavy atom. The van der Waals surface area contributed by atoms with E-state index in [4.69, 9.17) is 16.6 Å². The number of hydrogen-bond donors (Lipinski definition) is 0. The monoisotopic (exact) mass is 358 g/mol. The van der Waals surface area contributed by atoms with Crippen molar-refractivity contribution < 1.29 is 12.4 Å². The zero-order valence-electron chi connectivity index (χ0n) is 12.1. The van der Waals surface area contributed by atoms with E-state index in [1.165, 1.54) is 23.6 Å². The number of thiazole rings is 1. The second-order valence-electron chi connectivity index (χ2n) is 5.88. The van der Waals surface area contributed by atoms with Crippen molar-refractivity contribution in [2.75, 3.05) is 5.75 Å². The molecule has 0 N–H and O–H groups in total. The quantitative estimate of drug-likeness (QED) is 0.818. The third-order valence-corrected chi connectivity index (χ3v) is 6.36. The lowest BCUT2D eigenvalue weighted by molar-refractivity contribution is -0.00000413. The van der Waals surface area contributed by atoms with Crippen molar-refractivity contribution in [2.45, 2.75) is 37.4 Å². The third kappa shape index (κ3) is 4.16. The van der Waals surface area contributed by atoms with Gasteiger partial charge in [-0.25, -0.2) is 4.98 Å². The lowest BCUT2D eigenvalue weighted by Crippen LogP contribution is -3.00. The normalized spacial score (nSPS) is 20.8. The Morgan fingerprint density at radius 2 is 1.95 bits per heavy atom. The van der Waals surface area contributed by atoms with Crippen molar-refractivity contribution in [3.8, 4) is 11.3 Å². The van der Waals surface area contributed by atoms with E-state index >= 15 is 0 Å². The highest BCUT2D eigenvalue weighted by atomic mass is 35.5. The first-order valence-electron chi connectivity index (χ1n) is 6.89. The zero-order valence-corrected chi connectivity index (χ0v) is 15.2. The molecule has 114 valence electrons. The summed E-state index contributed by atoms with van der Waals surface area (Å²) >= 11 is 9.83. The highest BCUT2D eigenvalue weighted by molar-refractivity contribution is 8.00. The second kappa shape index (κ2) is 6.91. The molecule has 1 aliphatic rings. The van der Waals surface area contributed by atoms with Gasteiger partial charge in [-0.2, -0.15) is 11.8 Å². The predicted octanol–water partition coefficient (Wildman–Crippen LogP) is 2.86. The van der Waals surface area contributed by atoms with E-state index in [-0.39, 0.29) is 12.4 Å². The molecule has 3 rings (SSSR count). The highest BCUT2D eigenvalue weighted by Crippen LogP contribution is 2.44. The zero-order chi connectivity index (χ0) is 14.2. The maximum Gasteiger partial charge on any atom is 0.0964 e. The summed E-state index contributed by atoms with van der Waals surface area (Å²) in [6.45, 7) is 4.69. The average molecular weight is 359 g/mol. The van der Waals surface area contributed by atoms with Crippen molar-refractivity contribution in [3.63, 3.8) is 0 Å². The maximum atomic E-state index is 5.94. The van der Waals surface area contributed by atoms with Gasteiger partial charge in [-0.15, -0.1) is 11.3 Å². The largest absolute Gasteiger partial charge is 1.00 e. The van der Waals surface area contributed by atoms with Gasteiger partial charge in [-0.05, 0) is 30.7 Å². The molecule has 1 aromatic carbocycles. The molecule has 0 radical (unpaired) electrons. The van der Waals surface area contributed by atoms with Crippen LogP contribution in [0.2, 0.25) is 5.02 Å². The van der Waals surface area contributed by atoms with Crippen LogP contribution in [0.4, 0.5) is 0 Å². The molecule has 2 aromatic rings. The molecule has 0 bridgehead atoms. The number of thioether (sulfide) groups is 1. The Balaban J connectivity index is 0.00000161. The minimum atomic E-state index is 0. The first-order valence-corrected chi connectivity index (χ1v) is 9.13. The van der Waals surface area contributed by atoms with E-state index < -0.39 is 0 Å². The molecule has 21 heavy (non-hydrogen) atoms. The maximum absolute atomic E-state index is 5.94. The van der Waals surface area contributed by atoms with Gasteiger partial charge < -0.3 is 12.4 Å². The van der Waals surface area contributed by atoms with E-state index in [1.54, 1.807) is 11.3 Å². The summed E-state index contributed by atoms with van der Waals surface area (Å²) in [5.74, 6) is 1.87. The van der Waals surface area contributed by atoms with E-state index in [9.17, 15) is 0 Å². The van der Waals surface area contributed by atoms with Crippen LogP contribution < -0.4 is 12.4 Å². The summed E-state index contributed by atoms with van der Waals surface area (Å²) in [4.78, 5) is 4.87. The molecule has 1 atom stereocenters. The van der Waals surface area contributed by atoms with Crippen LogP contribution >= 0.6 is 34.7 Å². The van der Waals surface area contributed by atoms with Gasteiger partial charge in [0.25, 0.3) is 0 Å². The van der Waals surface area contributed by atoms with E-state index in [1.807, 2.05) is 24.3 Å². The lowest BCUT2D eigenvalue weighted by Gasteiger charge is -2.33. The molecular weight excluding hydrogens is 341 g/mol. The molecule has 0 amide bonds. The lowest BCUT2D eigenvalue weighted by atomic mass is 9.94. The van der Waals surface area contributed by atoms with Crippen LogP contribution in [0.5, 0.6) is 0 Å². The molecule has 0 saturated carbocycles. The van der Waals surface area contributed by atoms with Crippen LogP contribution in [0.15, 0.2) is 29.6 Å². The highest BCUT2D eigenvalue weighted by Gasteiger charge is 2.31. The summed E-state index contributed by atoms with van der Waals surface area (Å²) in [6.07, 6.45) is 2.48. The summed E-state index contributed by atoms with van der Waals surface area (Å²) in [5.41, 5.74) is 2.24. The Labute approximate surface area is 145 Å². The molecule has 1 fully saturated rings. The molecule has 5 heteroatoms. The molecule has 1 aromatic heterocycles. The molecule has 1 unspecified atom stereocenters. The second-order valence-corrected chi connectivity index (χ2v) is 9.00. The first-order chi connectivity index (χ1) is 9.53. The van der Waals surface area contributed by atoms with Gasteiger partial charge in [-0.1, -0.05) is 37.6 Å². The smallest absolute Gasteiger partial charge is 0.0964 e. The number of benzene rings is 1. The van der Waals surface area contributed by atoms with Crippen LogP contribution in [-0.2, 0) is 0 Å². The van der Waals surface area contributed by atoms with Gasteiger partial charge in [0.1, 0.15) is 0 Å². The minimum absolute atomic E-state index is 0. The van der Waals surface area contributed by atoms with E-state index in [2.05, 4.69) is 31.0 Å². The summed E-state index contributed by atoms with van der Waals surface area (Å²) in [6, 6.07) is 7.94. The number of hydrogen-bond acceptors (Lipinski definition) is 3. The minimum Gasteiger partial charge on any atom is -1.00 e. The molecule has 1 saturated heterocycles. The van der Waals surface area contributed by atoms with Gasteiger partial charge in [0, 0.05) is 26.6 Å². The summed E-state index contributed by atoms with van der Waals surface area (Å²) in [5, 5.41) is 4.24. The fraction of sp³-hybridized carbons (Fsp3) is 0.438. The Hall–Kier alpha value is -0.220. The fourth-order valence-corrected chi connectivity index (χ4v) is 5.04. The third-order valence-electron chi connectivity index (χ3n) is 3.71. The molecule has 0 aliphatic carbocycles. The molecule has 1 aliphatic heterocycles. The van der Waals surface area contributed by atoms with Gasteiger partial charge in [-0.3, -0.25) is 0 Å². The van der Waals surface area contributed by atoms with E-state index in [0.29, 0.717) is 10.7 Å².